The number of hydrogen-bond acceptors (Lipinski definition) is 4. The van der Waals surface area contributed by atoms with E-state index in [0.29, 0.717) is 11.6 Å². The molecule has 1 aromatic heterocycles. The third kappa shape index (κ3) is 6.20. The highest BCUT2D eigenvalue weighted by atomic mass is 32.2. The van der Waals surface area contributed by atoms with Gasteiger partial charge < -0.3 is 8.98 Å². The average Bonchev–Trinajstić information content (AvgIpc) is 2.71. The molecule has 2 atom stereocenters. The maximum absolute atomic E-state index is 14.8. The lowest BCUT2D eigenvalue weighted by Crippen LogP contribution is -2.56. The Morgan fingerprint density at radius 2 is 1.65 bits per heavy atom. The number of alkyl halides is 2. The first-order valence-electron chi connectivity index (χ1n) is 10.9. The van der Waals surface area contributed by atoms with Gasteiger partial charge in [-0.3, -0.25) is 4.98 Å². The molecule has 0 amide bonds. The monoisotopic (exact) mass is 518 g/mol. The molecule has 0 aliphatic rings. The molecular weight excluding hydrogens is 484 g/mol. The van der Waals surface area contributed by atoms with Crippen LogP contribution in [0.15, 0.2) is 36.5 Å². The summed E-state index contributed by atoms with van der Waals surface area (Å²) in [6, 6.07) is 5.49. The summed E-state index contributed by atoms with van der Waals surface area (Å²) >= 11 is -1.98. The van der Waals surface area contributed by atoms with E-state index < -0.39 is 48.0 Å². The Morgan fingerprint density at radius 3 is 2.09 bits per heavy atom. The van der Waals surface area contributed by atoms with Crippen molar-refractivity contribution < 1.29 is 26.5 Å². The van der Waals surface area contributed by atoms with Crippen LogP contribution in [0.5, 0.6) is 0 Å². The van der Waals surface area contributed by atoms with Gasteiger partial charge in [-0.1, -0.05) is 32.9 Å². The van der Waals surface area contributed by atoms with Crippen LogP contribution in [0.1, 0.15) is 58.4 Å². The standard InChI is InChI=1S/C24H34F4N2O2SSi/c1-22(2,3)33(31)30-24(21(27)28,17-10-11-18(25)19(26)13-17)20-12-9-16(14-29-20)15-32-34(7,8)23(4,5)6/h9-14,21,30H,15H2,1-8H3. The lowest BCUT2D eigenvalue weighted by Gasteiger charge is -2.37. The fourth-order valence-corrected chi connectivity index (χ4v) is 4.68. The summed E-state index contributed by atoms with van der Waals surface area (Å²) in [4.78, 5) is 4.24. The van der Waals surface area contributed by atoms with E-state index in [4.69, 9.17) is 4.43 Å². The number of aromatic nitrogens is 1. The molecule has 10 heteroatoms. The predicted octanol–water partition coefficient (Wildman–Crippen LogP) is 6.44. The van der Waals surface area contributed by atoms with Crippen LogP contribution in [-0.4, -0.2) is 29.0 Å². The van der Waals surface area contributed by atoms with Gasteiger partial charge in [0.15, 0.2) is 25.5 Å². The molecule has 2 unspecified atom stereocenters. The van der Waals surface area contributed by atoms with Gasteiger partial charge in [0.05, 0.1) is 12.3 Å². The molecule has 2 rings (SSSR count). The molecule has 1 N–H and O–H groups in total. The van der Waals surface area contributed by atoms with E-state index in [-0.39, 0.29) is 22.9 Å². The fourth-order valence-electron chi connectivity index (χ4n) is 2.81. The predicted molar refractivity (Wildman–Crippen MR) is 130 cm³/mol. The van der Waals surface area contributed by atoms with Crippen molar-refractivity contribution >= 4 is 19.7 Å². The summed E-state index contributed by atoms with van der Waals surface area (Å²) in [5.41, 5.74) is -2.19. The van der Waals surface area contributed by atoms with Crippen LogP contribution in [0.3, 0.4) is 0 Å². The Bertz CT molecular complexity index is 978. The first-order chi connectivity index (χ1) is 15.4. The smallest absolute Gasteiger partial charge is 0.270 e. The molecule has 190 valence electrons. The summed E-state index contributed by atoms with van der Waals surface area (Å²) in [5.74, 6) is -2.46. The number of halogens is 4. The Hall–Kier alpha value is -1.46. The maximum atomic E-state index is 14.8. The minimum atomic E-state index is -3.18. The molecule has 0 aliphatic heterocycles. The molecule has 0 spiro atoms. The van der Waals surface area contributed by atoms with E-state index in [2.05, 4.69) is 43.6 Å². The molecule has 2 aromatic rings. The largest absolute Gasteiger partial charge is 0.598 e. The summed E-state index contributed by atoms with van der Waals surface area (Å²) < 4.78 is 77.9. The molecule has 0 fully saturated rings. The zero-order valence-electron chi connectivity index (χ0n) is 20.9. The van der Waals surface area contributed by atoms with Crippen LogP contribution < -0.4 is 4.72 Å². The Kier molecular flexibility index (Phi) is 8.68. The van der Waals surface area contributed by atoms with Gasteiger partial charge in [-0.15, -0.1) is 4.72 Å². The zero-order valence-corrected chi connectivity index (χ0v) is 22.7. The maximum Gasteiger partial charge on any atom is 0.270 e. The van der Waals surface area contributed by atoms with E-state index >= 15 is 0 Å². The Balaban J connectivity index is 2.53. The van der Waals surface area contributed by atoms with Gasteiger partial charge in [-0.05, 0) is 68.2 Å². The topological polar surface area (TPSA) is 57.2 Å². The molecule has 0 radical (unpaired) electrons. The highest BCUT2D eigenvalue weighted by Crippen LogP contribution is 2.39. The van der Waals surface area contributed by atoms with Crippen LogP contribution >= 0.6 is 0 Å². The third-order valence-electron chi connectivity index (χ3n) is 6.15. The minimum absolute atomic E-state index is 0.00120. The van der Waals surface area contributed by atoms with Gasteiger partial charge in [-0.2, -0.15) is 0 Å². The van der Waals surface area contributed by atoms with E-state index in [1.165, 1.54) is 12.3 Å². The first-order valence-corrected chi connectivity index (χ1v) is 15.0. The summed E-state index contributed by atoms with van der Waals surface area (Å²) in [7, 11) is -2.04. The van der Waals surface area contributed by atoms with Crippen LogP contribution in [0, 0.1) is 11.6 Å². The third-order valence-corrected chi connectivity index (χ3v) is 12.2. The second-order valence-corrected chi connectivity index (χ2v) is 17.6. The van der Waals surface area contributed by atoms with Crippen molar-refractivity contribution in [2.75, 3.05) is 0 Å². The Morgan fingerprint density at radius 1 is 1.03 bits per heavy atom. The number of pyridine rings is 1. The van der Waals surface area contributed by atoms with Crippen molar-refractivity contribution in [2.45, 2.75) is 83.0 Å². The number of nitrogens with one attached hydrogen (secondary N) is 1. The fraction of sp³-hybridized carbons (Fsp3) is 0.542. The number of hydrogen-bond donors (Lipinski definition) is 1. The van der Waals surface area contributed by atoms with Gasteiger partial charge in [0, 0.05) is 17.6 Å². The minimum Gasteiger partial charge on any atom is -0.598 e. The van der Waals surface area contributed by atoms with Crippen LogP contribution in [0.25, 0.3) is 0 Å². The van der Waals surface area contributed by atoms with Gasteiger partial charge in [0.1, 0.15) is 4.75 Å². The van der Waals surface area contributed by atoms with Crippen molar-refractivity contribution in [2.24, 2.45) is 0 Å². The quantitative estimate of drug-likeness (QED) is 0.248. The van der Waals surface area contributed by atoms with Crippen molar-refractivity contribution in [3.8, 4) is 0 Å². The van der Waals surface area contributed by atoms with Crippen molar-refractivity contribution in [1.82, 2.24) is 9.71 Å². The van der Waals surface area contributed by atoms with E-state index in [9.17, 15) is 22.1 Å². The molecule has 0 aliphatic carbocycles. The van der Waals surface area contributed by atoms with Crippen LogP contribution in [-0.2, 0) is 27.9 Å². The molecule has 0 saturated heterocycles. The Labute approximate surface area is 204 Å². The van der Waals surface area contributed by atoms with Gasteiger partial charge in [-0.25, -0.2) is 17.6 Å². The summed E-state index contributed by atoms with van der Waals surface area (Å²) in [6.07, 6.45) is -1.76. The highest BCUT2D eigenvalue weighted by molar-refractivity contribution is 7.90. The van der Waals surface area contributed by atoms with E-state index in [1.807, 2.05) is 0 Å². The van der Waals surface area contributed by atoms with Crippen LogP contribution in [0.2, 0.25) is 18.1 Å². The number of rotatable bonds is 8. The zero-order chi connectivity index (χ0) is 26.1. The normalized spacial score (nSPS) is 15.9. The molecule has 34 heavy (non-hydrogen) atoms. The van der Waals surface area contributed by atoms with E-state index in [1.54, 1.807) is 26.8 Å². The second kappa shape index (κ2) is 10.3. The van der Waals surface area contributed by atoms with Crippen LogP contribution in [0.4, 0.5) is 17.6 Å². The van der Waals surface area contributed by atoms with Crippen molar-refractivity contribution in [3.05, 3.63) is 65.0 Å². The average molecular weight is 519 g/mol. The summed E-state index contributed by atoms with van der Waals surface area (Å²) in [6.45, 7) is 15.7. The molecular formula is C24H34F4N2O2SSi. The number of nitrogens with zero attached hydrogens (tertiary/aromatic N) is 1. The second-order valence-electron chi connectivity index (χ2n) is 10.8. The van der Waals surface area contributed by atoms with Gasteiger partial charge in [0.25, 0.3) is 6.43 Å². The number of benzene rings is 1. The highest BCUT2D eigenvalue weighted by Gasteiger charge is 2.51. The van der Waals surface area contributed by atoms with Crippen molar-refractivity contribution in [3.63, 3.8) is 0 Å². The van der Waals surface area contributed by atoms with E-state index in [0.717, 1.165) is 12.1 Å². The lowest BCUT2D eigenvalue weighted by molar-refractivity contribution is 0.0617. The first kappa shape index (κ1) is 28.8. The molecule has 1 aromatic carbocycles. The molecule has 0 bridgehead atoms. The van der Waals surface area contributed by atoms with Gasteiger partial charge >= 0.3 is 0 Å². The lowest BCUT2D eigenvalue weighted by atomic mass is 9.87. The SMILES string of the molecule is CC(C)(C)[S+]([O-])NC(c1ccc(F)c(F)c1)(c1ccc(CO[Si](C)(C)C(C)(C)C)cn1)C(F)F. The molecule has 1 heterocycles. The van der Waals surface area contributed by atoms with Gasteiger partial charge in [0.2, 0.25) is 0 Å². The summed E-state index contributed by atoms with van der Waals surface area (Å²) in [5, 5.41) is -0.00120. The molecule has 0 saturated carbocycles. The van der Waals surface area contributed by atoms with Crippen molar-refractivity contribution in [1.29, 1.82) is 0 Å². The molecule has 4 nitrogen and oxygen atoms in total.